The molecule has 0 aliphatic rings. The second-order valence-electron chi connectivity index (χ2n) is 2.51. The van der Waals surface area contributed by atoms with Crippen molar-refractivity contribution in [2.24, 2.45) is 0 Å². The summed E-state index contributed by atoms with van der Waals surface area (Å²) in [5, 5.41) is 6.47. The molecule has 2 rings (SSSR count). The molecule has 2 aromatic rings. The topological polar surface area (TPSA) is 106 Å². The summed E-state index contributed by atoms with van der Waals surface area (Å²) in [5.74, 6) is 0.527. The lowest BCUT2D eigenvalue weighted by molar-refractivity contribution is 1.09. The molecular weight excluding hydrogens is 168 g/mol. The standard InChI is InChI=1S/C7H8N6/c8-6-5(3-10-7(9)13-6)4-1-11-12-2-4/h1-3H,(H,11,12)(H4,8,9,10,13). The Morgan fingerprint density at radius 1 is 1.23 bits per heavy atom. The molecule has 0 bridgehead atoms. The Morgan fingerprint density at radius 2 is 2.08 bits per heavy atom. The highest BCUT2D eigenvalue weighted by Gasteiger charge is 2.05. The van der Waals surface area contributed by atoms with Crippen molar-refractivity contribution in [3.05, 3.63) is 18.6 Å². The van der Waals surface area contributed by atoms with Gasteiger partial charge in [-0.15, -0.1) is 0 Å². The van der Waals surface area contributed by atoms with Crippen molar-refractivity contribution in [1.82, 2.24) is 20.2 Å². The van der Waals surface area contributed by atoms with Crippen LogP contribution in [0, 0.1) is 0 Å². The largest absolute Gasteiger partial charge is 0.383 e. The first-order valence-corrected chi connectivity index (χ1v) is 3.64. The molecule has 6 heteroatoms. The van der Waals surface area contributed by atoms with E-state index in [1.165, 1.54) is 0 Å². The van der Waals surface area contributed by atoms with Crippen LogP contribution in [0.4, 0.5) is 11.8 Å². The average Bonchev–Trinajstić information content (AvgIpc) is 2.56. The SMILES string of the molecule is Nc1ncc(-c2cn[nH]c2)c(N)n1. The number of nitrogens with two attached hydrogens (primary N) is 2. The Morgan fingerprint density at radius 3 is 2.69 bits per heavy atom. The Bertz CT molecular complexity index is 407. The van der Waals surface area contributed by atoms with Crippen molar-refractivity contribution in [3.8, 4) is 11.1 Å². The zero-order chi connectivity index (χ0) is 9.26. The summed E-state index contributed by atoms with van der Waals surface area (Å²) in [6.45, 7) is 0. The first-order valence-electron chi connectivity index (χ1n) is 3.64. The molecule has 0 aliphatic heterocycles. The summed E-state index contributed by atoms with van der Waals surface area (Å²) < 4.78 is 0. The van der Waals surface area contributed by atoms with E-state index in [1.807, 2.05) is 0 Å². The monoisotopic (exact) mass is 176 g/mol. The molecule has 13 heavy (non-hydrogen) atoms. The van der Waals surface area contributed by atoms with E-state index in [0.29, 0.717) is 5.82 Å². The lowest BCUT2D eigenvalue weighted by atomic mass is 10.2. The van der Waals surface area contributed by atoms with Crippen LogP contribution in [0.25, 0.3) is 11.1 Å². The van der Waals surface area contributed by atoms with E-state index in [9.17, 15) is 0 Å². The van der Waals surface area contributed by atoms with Crippen molar-refractivity contribution in [2.45, 2.75) is 0 Å². The van der Waals surface area contributed by atoms with E-state index in [0.717, 1.165) is 11.1 Å². The van der Waals surface area contributed by atoms with Crippen LogP contribution in [0.1, 0.15) is 0 Å². The van der Waals surface area contributed by atoms with Crippen LogP contribution >= 0.6 is 0 Å². The number of rotatable bonds is 1. The van der Waals surface area contributed by atoms with Gasteiger partial charge in [-0.2, -0.15) is 10.1 Å². The second kappa shape index (κ2) is 2.74. The lowest BCUT2D eigenvalue weighted by Gasteiger charge is -2.00. The van der Waals surface area contributed by atoms with Gasteiger partial charge in [-0.05, 0) is 0 Å². The number of anilines is 2. The number of nitrogens with zero attached hydrogens (tertiary/aromatic N) is 3. The maximum absolute atomic E-state index is 5.64. The quantitative estimate of drug-likeness (QED) is 0.568. The molecule has 0 unspecified atom stereocenters. The molecule has 0 saturated carbocycles. The predicted molar refractivity (Wildman–Crippen MR) is 48.4 cm³/mol. The van der Waals surface area contributed by atoms with E-state index >= 15 is 0 Å². The smallest absolute Gasteiger partial charge is 0.221 e. The molecule has 0 radical (unpaired) electrons. The van der Waals surface area contributed by atoms with Crippen LogP contribution < -0.4 is 11.5 Å². The first kappa shape index (κ1) is 7.53. The fourth-order valence-electron chi connectivity index (χ4n) is 1.03. The second-order valence-corrected chi connectivity index (χ2v) is 2.51. The van der Waals surface area contributed by atoms with Crippen LogP contribution in [0.15, 0.2) is 18.6 Å². The molecule has 0 atom stereocenters. The maximum atomic E-state index is 5.64. The summed E-state index contributed by atoms with van der Waals surface area (Å²) in [4.78, 5) is 7.67. The Labute approximate surface area is 74.0 Å². The van der Waals surface area contributed by atoms with Gasteiger partial charge < -0.3 is 11.5 Å². The lowest BCUT2D eigenvalue weighted by Crippen LogP contribution is -2.00. The molecule has 0 saturated heterocycles. The molecule has 2 heterocycles. The first-order chi connectivity index (χ1) is 6.27. The van der Waals surface area contributed by atoms with Gasteiger partial charge >= 0.3 is 0 Å². The molecule has 2 aromatic heterocycles. The minimum Gasteiger partial charge on any atom is -0.383 e. The third-order valence-electron chi connectivity index (χ3n) is 1.65. The van der Waals surface area contributed by atoms with E-state index in [-0.39, 0.29) is 5.95 Å². The minimum absolute atomic E-state index is 0.171. The third kappa shape index (κ3) is 1.28. The van der Waals surface area contributed by atoms with E-state index < -0.39 is 0 Å². The molecular formula is C7H8N6. The molecule has 0 aliphatic carbocycles. The van der Waals surface area contributed by atoms with Crippen LogP contribution in [0.3, 0.4) is 0 Å². The molecule has 0 spiro atoms. The fraction of sp³-hybridized carbons (Fsp3) is 0. The summed E-state index contributed by atoms with van der Waals surface area (Å²) in [7, 11) is 0. The average molecular weight is 176 g/mol. The van der Waals surface area contributed by atoms with Crippen LogP contribution in [-0.2, 0) is 0 Å². The number of aromatic nitrogens is 4. The van der Waals surface area contributed by atoms with Gasteiger partial charge in [0.05, 0.1) is 6.20 Å². The van der Waals surface area contributed by atoms with Gasteiger partial charge in [0.1, 0.15) is 5.82 Å². The maximum Gasteiger partial charge on any atom is 0.221 e. The molecule has 0 fully saturated rings. The Kier molecular flexibility index (Phi) is 1.59. The van der Waals surface area contributed by atoms with Crippen molar-refractivity contribution < 1.29 is 0 Å². The fourth-order valence-corrected chi connectivity index (χ4v) is 1.03. The number of hydrogen-bond donors (Lipinski definition) is 3. The highest BCUT2D eigenvalue weighted by atomic mass is 15.1. The van der Waals surface area contributed by atoms with Crippen molar-refractivity contribution >= 4 is 11.8 Å². The number of nitrogen functional groups attached to an aromatic ring is 2. The van der Waals surface area contributed by atoms with Gasteiger partial charge in [0.15, 0.2) is 0 Å². The molecule has 0 aromatic carbocycles. The minimum atomic E-state index is 0.171. The number of nitrogens with one attached hydrogen (secondary N) is 1. The van der Waals surface area contributed by atoms with Gasteiger partial charge in [-0.25, -0.2) is 4.98 Å². The van der Waals surface area contributed by atoms with Crippen molar-refractivity contribution in [1.29, 1.82) is 0 Å². The highest BCUT2D eigenvalue weighted by Crippen LogP contribution is 2.21. The normalized spacial score (nSPS) is 10.2. The summed E-state index contributed by atoms with van der Waals surface area (Å²) >= 11 is 0. The molecule has 66 valence electrons. The van der Waals surface area contributed by atoms with Gasteiger partial charge in [-0.1, -0.05) is 0 Å². The van der Waals surface area contributed by atoms with Crippen LogP contribution in [0.5, 0.6) is 0 Å². The molecule has 5 N–H and O–H groups in total. The number of hydrogen-bond acceptors (Lipinski definition) is 5. The van der Waals surface area contributed by atoms with Crippen LogP contribution in [0.2, 0.25) is 0 Å². The number of H-pyrrole nitrogens is 1. The Balaban J connectivity index is 2.53. The van der Waals surface area contributed by atoms with Gasteiger partial charge in [-0.3, -0.25) is 5.10 Å². The summed E-state index contributed by atoms with van der Waals surface area (Å²) in [6.07, 6.45) is 4.93. The zero-order valence-corrected chi connectivity index (χ0v) is 6.73. The molecule has 6 nitrogen and oxygen atoms in total. The molecule has 0 amide bonds. The van der Waals surface area contributed by atoms with Crippen molar-refractivity contribution in [3.63, 3.8) is 0 Å². The van der Waals surface area contributed by atoms with E-state index in [2.05, 4.69) is 20.2 Å². The van der Waals surface area contributed by atoms with E-state index in [1.54, 1.807) is 18.6 Å². The third-order valence-corrected chi connectivity index (χ3v) is 1.65. The number of aromatic amines is 1. The zero-order valence-electron chi connectivity index (χ0n) is 6.73. The van der Waals surface area contributed by atoms with Crippen molar-refractivity contribution in [2.75, 3.05) is 11.5 Å². The summed E-state index contributed by atoms with van der Waals surface area (Å²) in [5.41, 5.74) is 12.6. The van der Waals surface area contributed by atoms with Gasteiger partial charge in [0, 0.05) is 23.5 Å². The summed E-state index contributed by atoms with van der Waals surface area (Å²) in [6, 6.07) is 0. The van der Waals surface area contributed by atoms with Crippen LogP contribution in [-0.4, -0.2) is 20.2 Å². The highest BCUT2D eigenvalue weighted by molar-refractivity contribution is 5.72. The Hall–Kier alpha value is -2.11. The van der Waals surface area contributed by atoms with E-state index in [4.69, 9.17) is 11.5 Å². The van der Waals surface area contributed by atoms with Gasteiger partial charge in [0.2, 0.25) is 5.95 Å². The van der Waals surface area contributed by atoms with Gasteiger partial charge in [0.25, 0.3) is 0 Å². The predicted octanol–water partition coefficient (Wildman–Crippen LogP) is 0.0311.